The van der Waals surface area contributed by atoms with Gasteiger partial charge in [0.1, 0.15) is 17.7 Å². The minimum atomic E-state index is 0.0578. The minimum absolute atomic E-state index is 0.0578. The first-order chi connectivity index (χ1) is 12.3. The average molecular weight is 342 g/mol. The van der Waals surface area contributed by atoms with Crippen molar-refractivity contribution >= 4 is 11.5 Å². The zero-order chi connectivity index (χ0) is 16.7. The minimum Gasteiger partial charge on any atom is -0.371 e. The van der Waals surface area contributed by atoms with Crippen molar-refractivity contribution in [2.45, 2.75) is 37.7 Å². The number of hydrogen-bond acceptors (Lipinski definition) is 6. The molecule has 2 aromatic rings. The van der Waals surface area contributed by atoms with E-state index in [1.165, 1.54) is 51.7 Å². The quantitative estimate of drug-likeness (QED) is 0.844. The largest absolute Gasteiger partial charge is 0.371 e. The monoisotopic (exact) mass is 342 g/mol. The van der Waals surface area contributed by atoms with Crippen LogP contribution in [0.3, 0.4) is 0 Å². The van der Waals surface area contributed by atoms with Crippen LogP contribution in [0.1, 0.15) is 32.1 Å². The predicted molar refractivity (Wildman–Crippen MR) is 94.7 cm³/mol. The first-order valence-electron chi connectivity index (χ1n) is 9.58. The number of aromatic nitrogens is 4. The van der Waals surface area contributed by atoms with Gasteiger partial charge in [0.05, 0.1) is 19.7 Å². The van der Waals surface area contributed by atoms with Crippen LogP contribution in [-0.2, 0) is 4.74 Å². The number of fused-ring (bicyclic) bond motifs is 1. The molecule has 0 unspecified atom stereocenters. The van der Waals surface area contributed by atoms with Gasteiger partial charge >= 0.3 is 0 Å². The summed E-state index contributed by atoms with van der Waals surface area (Å²) < 4.78 is 8.09. The SMILES string of the molecule is c1cc2nncn2nc1N1CC2(CC[C@@H](CN3CCCCC3)CO2)C1. The lowest BCUT2D eigenvalue weighted by molar-refractivity contribution is -0.119. The van der Waals surface area contributed by atoms with Gasteiger partial charge in [-0.2, -0.15) is 4.52 Å². The summed E-state index contributed by atoms with van der Waals surface area (Å²) >= 11 is 0. The van der Waals surface area contributed by atoms with Gasteiger partial charge in [0.15, 0.2) is 5.65 Å². The molecule has 3 saturated heterocycles. The van der Waals surface area contributed by atoms with Crippen LogP contribution >= 0.6 is 0 Å². The van der Waals surface area contributed by atoms with E-state index in [0.29, 0.717) is 5.92 Å². The molecule has 0 bridgehead atoms. The van der Waals surface area contributed by atoms with Gasteiger partial charge in [0, 0.05) is 6.54 Å². The van der Waals surface area contributed by atoms with E-state index in [1.807, 2.05) is 12.1 Å². The summed E-state index contributed by atoms with van der Waals surface area (Å²) in [4.78, 5) is 4.94. The smallest absolute Gasteiger partial charge is 0.177 e. The van der Waals surface area contributed by atoms with Crippen molar-refractivity contribution in [3.05, 3.63) is 18.5 Å². The van der Waals surface area contributed by atoms with Crippen molar-refractivity contribution in [1.82, 2.24) is 24.7 Å². The highest BCUT2D eigenvalue weighted by atomic mass is 16.5. The van der Waals surface area contributed by atoms with Crippen molar-refractivity contribution in [2.24, 2.45) is 5.92 Å². The van der Waals surface area contributed by atoms with E-state index >= 15 is 0 Å². The Morgan fingerprint density at radius 3 is 2.84 bits per heavy atom. The number of anilines is 1. The van der Waals surface area contributed by atoms with Gasteiger partial charge in [-0.15, -0.1) is 15.3 Å². The number of rotatable bonds is 3. The molecule has 5 rings (SSSR count). The maximum absolute atomic E-state index is 6.35. The summed E-state index contributed by atoms with van der Waals surface area (Å²) in [6, 6.07) is 4.00. The van der Waals surface area contributed by atoms with Crippen molar-refractivity contribution in [2.75, 3.05) is 44.2 Å². The Hall–Kier alpha value is -1.73. The zero-order valence-electron chi connectivity index (χ0n) is 14.7. The van der Waals surface area contributed by atoms with Gasteiger partial charge in [-0.3, -0.25) is 0 Å². The molecule has 1 atom stereocenters. The van der Waals surface area contributed by atoms with Gasteiger partial charge in [0.2, 0.25) is 0 Å². The summed E-state index contributed by atoms with van der Waals surface area (Å²) in [7, 11) is 0. The fourth-order valence-corrected chi connectivity index (χ4v) is 4.52. The van der Waals surface area contributed by atoms with Crippen LogP contribution in [0.4, 0.5) is 5.82 Å². The van der Waals surface area contributed by atoms with E-state index in [-0.39, 0.29) is 5.60 Å². The number of ether oxygens (including phenoxy) is 1. The summed E-state index contributed by atoms with van der Waals surface area (Å²) in [5, 5.41) is 12.5. The van der Waals surface area contributed by atoms with Crippen LogP contribution < -0.4 is 4.90 Å². The molecule has 2 aromatic heterocycles. The Labute approximate surface area is 148 Å². The Morgan fingerprint density at radius 1 is 1.16 bits per heavy atom. The highest BCUT2D eigenvalue weighted by Gasteiger charge is 2.47. The molecule has 7 nitrogen and oxygen atoms in total. The fourth-order valence-electron chi connectivity index (χ4n) is 4.52. The lowest BCUT2D eigenvalue weighted by Gasteiger charge is -2.53. The maximum Gasteiger partial charge on any atom is 0.177 e. The number of likely N-dealkylation sites (tertiary alicyclic amines) is 1. The van der Waals surface area contributed by atoms with Gasteiger partial charge < -0.3 is 14.5 Å². The van der Waals surface area contributed by atoms with Crippen LogP contribution in [0.15, 0.2) is 18.5 Å². The molecule has 0 aliphatic carbocycles. The second kappa shape index (κ2) is 6.21. The van der Waals surface area contributed by atoms with E-state index in [1.54, 1.807) is 10.8 Å². The third-order valence-electron chi connectivity index (χ3n) is 6.03. The second-order valence-corrected chi connectivity index (χ2v) is 7.94. The van der Waals surface area contributed by atoms with Crippen LogP contribution in [0.25, 0.3) is 5.65 Å². The van der Waals surface area contributed by atoms with E-state index < -0.39 is 0 Å². The van der Waals surface area contributed by atoms with Crippen molar-refractivity contribution < 1.29 is 4.74 Å². The van der Waals surface area contributed by atoms with Crippen LogP contribution in [0.5, 0.6) is 0 Å². The first kappa shape index (κ1) is 15.5. The molecule has 0 amide bonds. The van der Waals surface area contributed by atoms with Crippen molar-refractivity contribution in [3.63, 3.8) is 0 Å². The van der Waals surface area contributed by atoms with E-state index in [0.717, 1.165) is 31.2 Å². The Morgan fingerprint density at radius 2 is 2.04 bits per heavy atom. The van der Waals surface area contributed by atoms with E-state index in [9.17, 15) is 0 Å². The molecule has 0 radical (unpaired) electrons. The van der Waals surface area contributed by atoms with Crippen molar-refractivity contribution in [3.8, 4) is 0 Å². The van der Waals surface area contributed by atoms with Gasteiger partial charge in [-0.05, 0) is 56.8 Å². The third kappa shape index (κ3) is 3.00. The first-order valence-corrected chi connectivity index (χ1v) is 9.58. The molecular formula is C18H26N6O. The zero-order valence-corrected chi connectivity index (χ0v) is 14.7. The Bertz CT molecular complexity index is 724. The summed E-state index contributed by atoms with van der Waals surface area (Å²) in [5.41, 5.74) is 0.843. The predicted octanol–water partition coefficient (Wildman–Crippen LogP) is 1.60. The maximum atomic E-state index is 6.35. The lowest BCUT2D eigenvalue weighted by Crippen LogP contribution is -2.65. The summed E-state index contributed by atoms with van der Waals surface area (Å²) in [5.74, 6) is 1.70. The highest BCUT2D eigenvalue weighted by molar-refractivity contribution is 5.48. The molecular weight excluding hydrogens is 316 g/mol. The third-order valence-corrected chi connectivity index (χ3v) is 6.03. The Balaban J connectivity index is 1.15. The lowest BCUT2D eigenvalue weighted by atomic mass is 9.82. The number of piperidine rings is 1. The topological polar surface area (TPSA) is 58.8 Å². The van der Waals surface area contributed by atoms with Crippen molar-refractivity contribution in [1.29, 1.82) is 0 Å². The Kier molecular flexibility index (Phi) is 3.86. The standard InChI is InChI=1S/C18H26N6O/c1-2-8-22(9-3-1)10-15-6-7-18(25-11-15)12-23(13-18)17-5-4-16-20-19-14-24(16)21-17/h4-5,14-15H,1-3,6-13H2/t15-/m0/s1. The second-order valence-electron chi connectivity index (χ2n) is 7.94. The van der Waals surface area contributed by atoms with Gasteiger partial charge in [-0.25, -0.2) is 0 Å². The highest BCUT2D eigenvalue weighted by Crippen LogP contribution is 2.38. The molecule has 0 N–H and O–H groups in total. The summed E-state index contributed by atoms with van der Waals surface area (Å²) in [6.07, 6.45) is 8.27. The van der Waals surface area contributed by atoms with Gasteiger partial charge in [0.25, 0.3) is 0 Å². The molecule has 0 aromatic carbocycles. The normalized spacial score (nSPS) is 26.9. The van der Waals surface area contributed by atoms with E-state index in [2.05, 4.69) is 25.1 Å². The molecule has 1 spiro atoms. The van der Waals surface area contributed by atoms with Crippen LogP contribution in [0.2, 0.25) is 0 Å². The molecule has 0 saturated carbocycles. The number of nitrogens with zero attached hydrogens (tertiary/aromatic N) is 6. The van der Waals surface area contributed by atoms with Gasteiger partial charge in [-0.1, -0.05) is 6.42 Å². The number of hydrogen-bond donors (Lipinski definition) is 0. The molecule has 25 heavy (non-hydrogen) atoms. The summed E-state index contributed by atoms with van der Waals surface area (Å²) in [6.45, 7) is 6.61. The molecule has 5 heterocycles. The molecule has 3 aliphatic rings. The van der Waals surface area contributed by atoms with E-state index in [4.69, 9.17) is 4.74 Å². The fraction of sp³-hybridized carbons (Fsp3) is 0.722. The molecule has 7 heteroatoms. The van der Waals surface area contributed by atoms with Crippen LogP contribution in [-0.4, -0.2) is 69.6 Å². The molecule has 3 fully saturated rings. The van der Waals surface area contributed by atoms with Crippen LogP contribution in [0, 0.1) is 5.92 Å². The molecule has 3 aliphatic heterocycles. The average Bonchev–Trinajstić information content (AvgIpc) is 3.09. The molecule has 134 valence electrons.